The van der Waals surface area contributed by atoms with Crippen LogP contribution in [-0.4, -0.2) is 5.11 Å². The number of aliphatic hydroxyl groups excluding tert-OH is 1. The van der Waals surface area contributed by atoms with Crippen molar-refractivity contribution in [1.29, 1.82) is 0 Å². The molecule has 0 atom stereocenters. The highest BCUT2D eigenvalue weighted by atomic mass is 16.3. The predicted molar refractivity (Wildman–Crippen MR) is 35.8 cm³/mol. The first-order valence-electron chi connectivity index (χ1n) is 2.74. The van der Waals surface area contributed by atoms with Gasteiger partial charge in [-0.15, -0.1) is 6.58 Å². The lowest BCUT2D eigenvalue weighted by atomic mass is 10.3. The fourth-order valence-corrected chi connectivity index (χ4v) is 0.410. The average Bonchev–Trinajstić information content (AvgIpc) is 1.66. The molecule has 0 spiro atoms. The summed E-state index contributed by atoms with van der Waals surface area (Å²) in [4.78, 5) is 0. The summed E-state index contributed by atoms with van der Waals surface area (Å²) in [7, 11) is 0. The van der Waals surface area contributed by atoms with E-state index in [1.54, 1.807) is 13.0 Å². The fourth-order valence-electron chi connectivity index (χ4n) is 0.410. The summed E-state index contributed by atoms with van der Waals surface area (Å²) in [6.45, 7) is 5.22. The highest BCUT2D eigenvalue weighted by molar-refractivity contribution is 4.87. The van der Waals surface area contributed by atoms with Gasteiger partial charge in [0.2, 0.25) is 0 Å². The van der Waals surface area contributed by atoms with Gasteiger partial charge < -0.3 is 5.11 Å². The van der Waals surface area contributed by atoms with Gasteiger partial charge in [0.25, 0.3) is 0 Å². The van der Waals surface area contributed by atoms with Crippen molar-refractivity contribution in [2.45, 2.75) is 19.8 Å². The molecule has 0 aromatic rings. The molecule has 0 aromatic heterocycles. The number of allylic oxidation sites excluding steroid dienone is 3. The third kappa shape index (κ3) is 5.28. The Balaban J connectivity index is 3.15. The molecule has 0 aliphatic rings. The van der Waals surface area contributed by atoms with Crippen molar-refractivity contribution >= 4 is 0 Å². The Morgan fingerprint density at radius 1 is 1.62 bits per heavy atom. The molecule has 8 heavy (non-hydrogen) atoms. The molecule has 0 bridgehead atoms. The summed E-state index contributed by atoms with van der Waals surface area (Å²) in [6, 6.07) is 0. The summed E-state index contributed by atoms with van der Waals surface area (Å²) in [5.41, 5.74) is 0. The average molecular weight is 112 g/mol. The maximum Gasteiger partial charge on any atom is 0.0852 e. The number of aliphatic hydroxyl groups is 1. The molecule has 1 nitrogen and oxygen atoms in total. The molecule has 0 fully saturated rings. The van der Waals surface area contributed by atoms with E-state index in [1.807, 2.05) is 6.08 Å². The minimum atomic E-state index is 0.395. The van der Waals surface area contributed by atoms with Crippen LogP contribution in [0.5, 0.6) is 0 Å². The first kappa shape index (κ1) is 7.28. The maximum absolute atomic E-state index is 8.61. The van der Waals surface area contributed by atoms with E-state index in [4.69, 9.17) is 5.11 Å². The second-order valence-electron chi connectivity index (χ2n) is 1.71. The molecule has 0 heterocycles. The van der Waals surface area contributed by atoms with Crippen LogP contribution in [0.3, 0.4) is 0 Å². The zero-order valence-corrected chi connectivity index (χ0v) is 5.22. The third-order valence-corrected chi connectivity index (χ3v) is 0.811. The van der Waals surface area contributed by atoms with Crippen molar-refractivity contribution in [2.75, 3.05) is 0 Å². The van der Waals surface area contributed by atoms with Gasteiger partial charge in [-0.3, -0.25) is 0 Å². The Morgan fingerprint density at radius 2 is 2.25 bits per heavy atom. The van der Waals surface area contributed by atoms with Crippen LogP contribution < -0.4 is 0 Å². The Morgan fingerprint density at radius 3 is 2.62 bits per heavy atom. The Bertz CT molecular complexity index is 88.6. The lowest BCUT2D eigenvalue weighted by Crippen LogP contribution is -1.69. The van der Waals surface area contributed by atoms with E-state index in [0.717, 1.165) is 12.8 Å². The van der Waals surface area contributed by atoms with Crippen molar-refractivity contribution in [3.8, 4) is 0 Å². The Hall–Kier alpha value is -0.720. The molecule has 1 heteroatoms. The van der Waals surface area contributed by atoms with E-state index in [9.17, 15) is 0 Å². The van der Waals surface area contributed by atoms with E-state index < -0.39 is 0 Å². The molecule has 46 valence electrons. The molecule has 0 saturated heterocycles. The number of rotatable bonds is 3. The van der Waals surface area contributed by atoms with Gasteiger partial charge >= 0.3 is 0 Å². The second kappa shape index (κ2) is 4.44. The second-order valence-corrected chi connectivity index (χ2v) is 1.71. The molecule has 0 aliphatic heterocycles. The van der Waals surface area contributed by atoms with Gasteiger partial charge in [-0.05, 0) is 25.8 Å². The van der Waals surface area contributed by atoms with Crippen molar-refractivity contribution in [3.05, 3.63) is 24.5 Å². The van der Waals surface area contributed by atoms with Gasteiger partial charge in [0.1, 0.15) is 0 Å². The quantitative estimate of drug-likeness (QED) is 0.337. The molecule has 0 radical (unpaired) electrons. The van der Waals surface area contributed by atoms with E-state index in [2.05, 4.69) is 6.58 Å². The molecule has 0 aliphatic carbocycles. The van der Waals surface area contributed by atoms with Crippen LogP contribution in [0.4, 0.5) is 0 Å². The summed E-state index contributed by atoms with van der Waals surface area (Å²) in [6.07, 6.45) is 5.45. The summed E-state index contributed by atoms with van der Waals surface area (Å²) >= 11 is 0. The molecule has 0 amide bonds. The van der Waals surface area contributed by atoms with E-state index in [1.165, 1.54) is 0 Å². The van der Waals surface area contributed by atoms with Crippen LogP contribution in [0.2, 0.25) is 0 Å². The van der Waals surface area contributed by atoms with Crippen molar-refractivity contribution in [2.24, 2.45) is 0 Å². The van der Waals surface area contributed by atoms with Crippen molar-refractivity contribution in [3.63, 3.8) is 0 Å². The summed E-state index contributed by atoms with van der Waals surface area (Å²) < 4.78 is 0. The van der Waals surface area contributed by atoms with E-state index in [0.29, 0.717) is 5.76 Å². The first-order chi connectivity index (χ1) is 3.77. The van der Waals surface area contributed by atoms with Gasteiger partial charge in [-0.1, -0.05) is 6.08 Å². The molecule has 0 rings (SSSR count). The minimum Gasteiger partial charge on any atom is -0.513 e. The summed E-state index contributed by atoms with van der Waals surface area (Å²) in [5, 5.41) is 8.61. The van der Waals surface area contributed by atoms with Gasteiger partial charge in [-0.25, -0.2) is 0 Å². The molecular weight excluding hydrogens is 100 g/mol. The van der Waals surface area contributed by atoms with E-state index >= 15 is 0 Å². The molecule has 0 aromatic carbocycles. The lowest BCUT2D eigenvalue weighted by Gasteiger charge is -1.85. The van der Waals surface area contributed by atoms with Crippen LogP contribution >= 0.6 is 0 Å². The van der Waals surface area contributed by atoms with Crippen molar-refractivity contribution < 1.29 is 5.11 Å². The van der Waals surface area contributed by atoms with Gasteiger partial charge in [0.15, 0.2) is 0 Å². The standard InChI is InChI=1S/C7H12O/c1-3-4-5-6-7(2)8/h3,6,8H,1,4-5H2,2H3/b7-6+. The Kier molecular flexibility index (Phi) is 4.04. The van der Waals surface area contributed by atoms with Gasteiger partial charge in [-0.2, -0.15) is 0 Å². The van der Waals surface area contributed by atoms with Crippen molar-refractivity contribution in [1.82, 2.24) is 0 Å². The van der Waals surface area contributed by atoms with Gasteiger partial charge in [0, 0.05) is 0 Å². The fraction of sp³-hybridized carbons (Fsp3) is 0.429. The van der Waals surface area contributed by atoms with E-state index in [-0.39, 0.29) is 0 Å². The number of hydrogen-bond donors (Lipinski definition) is 1. The predicted octanol–water partition coefficient (Wildman–Crippen LogP) is 2.41. The smallest absolute Gasteiger partial charge is 0.0852 e. The monoisotopic (exact) mass is 112 g/mol. The van der Waals surface area contributed by atoms with Crippen LogP contribution in [0.25, 0.3) is 0 Å². The minimum absolute atomic E-state index is 0.395. The van der Waals surface area contributed by atoms with Crippen LogP contribution in [0.15, 0.2) is 24.5 Å². The highest BCUT2D eigenvalue weighted by Gasteiger charge is 1.77. The SMILES string of the molecule is C=CCC/C=C(\C)O. The van der Waals surface area contributed by atoms with Crippen LogP contribution in [0, 0.1) is 0 Å². The number of hydrogen-bond acceptors (Lipinski definition) is 1. The Labute approximate surface area is 50.3 Å². The normalized spacial score (nSPS) is 11.4. The summed E-state index contributed by atoms with van der Waals surface area (Å²) in [5.74, 6) is 0.395. The lowest BCUT2D eigenvalue weighted by molar-refractivity contribution is 0.411. The third-order valence-electron chi connectivity index (χ3n) is 0.811. The number of unbranched alkanes of at least 4 members (excludes halogenated alkanes) is 1. The van der Waals surface area contributed by atoms with Crippen LogP contribution in [0.1, 0.15) is 19.8 Å². The zero-order valence-electron chi connectivity index (χ0n) is 5.22. The first-order valence-corrected chi connectivity index (χ1v) is 2.74. The molecule has 0 saturated carbocycles. The zero-order chi connectivity index (χ0) is 6.41. The topological polar surface area (TPSA) is 20.2 Å². The molecular formula is C7H12O. The van der Waals surface area contributed by atoms with Crippen LogP contribution in [-0.2, 0) is 0 Å². The molecule has 0 unspecified atom stereocenters. The highest BCUT2D eigenvalue weighted by Crippen LogP contribution is 1.93. The maximum atomic E-state index is 8.61. The molecule has 1 N–H and O–H groups in total. The van der Waals surface area contributed by atoms with Gasteiger partial charge in [0.05, 0.1) is 5.76 Å². The largest absolute Gasteiger partial charge is 0.513 e.